The third-order valence-electron chi connectivity index (χ3n) is 4.59. The molecule has 23 heavy (non-hydrogen) atoms. The average Bonchev–Trinajstić information content (AvgIpc) is 3.01. The lowest BCUT2D eigenvalue weighted by Gasteiger charge is -2.44. The smallest absolute Gasteiger partial charge is 0.226 e. The molecule has 0 saturated carbocycles. The highest BCUT2D eigenvalue weighted by molar-refractivity contribution is 14.1. The monoisotopic (exact) mass is 433 g/mol. The van der Waals surface area contributed by atoms with Crippen molar-refractivity contribution in [2.45, 2.75) is 30.5 Å². The first-order valence-electron chi connectivity index (χ1n) is 7.25. The number of fused-ring (bicyclic) bond motifs is 1. The van der Waals surface area contributed by atoms with Gasteiger partial charge in [-0.15, -0.1) is 0 Å². The van der Waals surface area contributed by atoms with E-state index in [-0.39, 0.29) is 6.61 Å². The van der Waals surface area contributed by atoms with Gasteiger partial charge in [0.15, 0.2) is 11.9 Å². The van der Waals surface area contributed by atoms with Crippen molar-refractivity contribution in [3.8, 4) is 5.88 Å². The van der Waals surface area contributed by atoms with E-state index in [2.05, 4.69) is 32.6 Å². The van der Waals surface area contributed by atoms with Crippen LogP contribution < -0.4 is 4.74 Å². The molecule has 2 N–H and O–H groups in total. The molecule has 0 aromatic carbocycles. The van der Waals surface area contributed by atoms with Crippen LogP contribution in [0.5, 0.6) is 5.88 Å². The molecule has 4 atom stereocenters. The summed E-state index contributed by atoms with van der Waals surface area (Å²) in [6.07, 6.45) is 1.84. The van der Waals surface area contributed by atoms with E-state index in [1.807, 2.05) is 10.8 Å². The quantitative estimate of drug-likeness (QED) is 0.679. The lowest BCUT2D eigenvalue weighted by Crippen LogP contribution is -2.56. The summed E-state index contributed by atoms with van der Waals surface area (Å²) in [4.78, 5) is 8.47. The second-order valence-corrected chi connectivity index (χ2v) is 6.84. The summed E-state index contributed by atoms with van der Waals surface area (Å²) in [6.45, 7) is 0.293. The number of methoxy groups -OCH3 is 1. The second-order valence-electron chi connectivity index (χ2n) is 5.67. The maximum absolute atomic E-state index is 10.5. The van der Waals surface area contributed by atoms with Crippen LogP contribution in [-0.4, -0.2) is 62.9 Å². The number of nitrogens with zero attached hydrogens (tertiary/aromatic N) is 3. The van der Waals surface area contributed by atoms with Crippen LogP contribution in [0.3, 0.4) is 0 Å². The summed E-state index contributed by atoms with van der Waals surface area (Å²) < 4.78 is 19.7. The van der Waals surface area contributed by atoms with Crippen molar-refractivity contribution in [3.05, 3.63) is 16.1 Å². The highest BCUT2D eigenvalue weighted by Crippen LogP contribution is 2.49. The van der Waals surface area contributed by atoms with Crippen LogP contribution in [0.1, 0.15) is 12.6 Å². The minimum absolute atomic E-state index is 0.266. The molecule has 2 aliphatic rings. The van der Waals surface area contributed by atoms with E-state index in [9.17, 15) is 10.2 Å². The highest BCUT2D eigenvalue weighted by Gasteiger charge is 2.61. The minimum Gasteiger partial charge on any atom is -0.480 e. The zero-order valence-electron chi connectivity index (χ0n) is 12.3. The molecule has 4 heterocycles. The summed E-state index contributed by atoms with van der Waals surface area (Å²) in [5.74, 6) is 0.485. The van der Waals surface area contributed by atoms with Gasteiger partial charge in [-0.2, -0.15) is 0 Å². The standard InChI is InChI=1S/C14H16IN3O5/c1-21-12-9-7(15)4-18(11(9)16-6-17-12)13-14(2-3-22-14)10(20)8(5-19)23-13/h4,6,8,10,13,19-20H,2-3,5H2,1H3/t8-,10-,13-,14-/m1/s1. The Morgan fingerprint density at radius 1 is 1.52 bits per heavy atom. The minimum atomic E-state index is -0.884. The summed E-state index contributed by atoms with van der Waals surface area (Å²) in [7, 11) is 1.56. The van der Waals surface area contributed by atoms with Crippen molar-refractivity contribution in [2.75, 3.05) is 20.3 Å². The summed E-state index contributed by atoms with van der Waals surface area (Å²) in [5.41, 5.74) is -0.201. The molecule has 124 valence electrons. The summed E-state index contributed by atoms with van der Waals surface area (Å²) >= 11 is 2.19. The van der Waals surface area contributed by atoms with Gasteiger partial charge < -0.3 is 29.0 Å². The molecule has 2 aromatic rings. The van der Waals surface area contributed by atoms with E-state index >= 15 is 0 Å². The van der Waals surface area contributed by atoms with Gasteiger partial charge in [0.1, 0.15) is 24.1 Å². The Kier molecular flexibility index (Phi) is 3.72. The van der Waals surface area contributed by atoms with Gasteiger partial charge in [-0.25, -0.2) is 9.97 Å². The largest absolute Gasteiger partial charge is 0.480 e. The predicted octanol–water partition coefficient (Wildman–Crippen LogP) is 0.454. The SMILES string of the molecule is COc1ncnc2c1c(I)cn2[C@@H]1O[C@H](CO)[C@@H](O)[C@]12CCO2. The Labute approximate surface area is 145 Å². The summed E-state index contributed by atoms with van der Waals surface area (Å²) in [5, 5.41) is 20.7. The molecule has 0 bridgehead atoms. The van der Waals surface area contributed by atoms with Crippen molar-refractivity contribution in [1.29, 1.82) is 0 Å². The Hall–Kier alpha value is -1.01. The first-order valence-corrected chi connectivity index (χ1v) is 8.33. The van der Waals surface area contributed by atoms with Crippen molar-refractivity contribution in [1.82, 2.24) is 14.5 Å². The van der Waals surface area contributed by atoms with Crippen LogP contribution in [0.15, 0.2) is 12.5 Å². The number of hydrogen-bond acceptors (Lipinski definition) is 7. The Bertz CT molecular complexity index is 747. The first kappa shape index (κ1) is 15.5. The van der Waals surface area contributed by atoms with Crippen molar-refractivity contribution >= 4 is 33.6 Å². The van der Waals surface area contributed by atoms with Gasteiger partial charge in [0.25, 0.3) is 0 Å². The van der Waals surface area contributed by atoms with E-state index in [0.29, 0.717) is 24.6 Å². The molecule has 8 nitrogen and oxygen atoms in total. The van der Waals surface area contributed by atoms with E-state index in [0.717, 1.165) is 8.96 Å². The molecule has 0 aliphatic carbocycles. The molecule has 0 amide bonds. The van der Waals surface area contributed by atoms with Crippen molar-refractivity contribution < 1.29 is 24.4 Å². The van der Waals surface area contributed by atoms with Crippen LogP contribution in [0.4, 0.5) is 0 Å². The van der Waals surface area contributed by atoms with Crippen LogP contribution in [0, 0.1) is 3.57 Å². The van der Waals surface area contributed by atoms with Gasteiger partial charge >= 0.3 is 0 Å². The van der Waals surface area contributed by atoms with Crippen LogP contribution >= 0.6 is 22.6 Å². The fraction of sp³-hybridized carbons (Fsp3) is 0.571. The van der Waals surface area contributed by atoms with Gasteiger partial charge in [-0.3, -0.25) is 0 Å². The number of hydrogen-bond donors (Lipinski definition) is 2. The fourth-order valence-corrected chi connectivity index (χ4v) is 4.14. The molecule has 2 aromatic heterocycles. The van der Waals surface area contributed by atoms with Crippen molar-refractivity contribution in [3.63, 3.8) is 0 Å². The van der Waals surface area contributed by atoms with E-state index in [1.165, 1.54) is 6.33 Å². The molecule has 2 aliphatic heterocycles. The molecule has 0 unspecified atom stereocenters. The number of halogens is 1. The van der Waals surface area contributed by atoms with E-state index in [1.54, 1.807) is 7.11 Å². The molecule has 2 saturated heterocycles. The normalized spacial score (nSPS) is 33.3. The number of ether oxygens (including phenoxy) is 3. The molecule has 9 heteroatoms. The number of aliphatic hydroxyl groups is 2. The van der Waals surface area contributed by atoms with Crippen LogP contribution in [0.2, 0.25) is 0 Å². The Morgan fingerprint density at radius 2 is 2.30 bits per heavy atom. The van der Waals surface area contributed by atoms with Gasteiger partial charge in [0.05, 0.1) is 25.7 Å². The zero-order chi connectivity index (χ0) is 16.2. The lowest BCUT2D eigenvalue weighted by molar-refractivity contribution is -0.225. The third-order valence-corrected chi connectivity index (χ3v) is 5.41. The second kappa shape index (κ2) is 5.52. The third kappa shape index (κ3) is 2.03. The molecule has 4 rings (SSSR count). The Morgan fingerprint density at radius 3 is 2.91 bits per heavy atom. The van der Waals surface area contributed by atoms with E-state index in [4.69, 9.17) is 14.2 Å². The maximum Gasteiger partial charge on any atom is 0.226 e. The fourth-order valence-electron chi connectivity index (χ4n) is 3.37. The molecule has 2 fully saturated rings. The molecule has 0 radical (unpaired) electrons. The molecular formula is C14H16IN3O5. The predicted molar refractivity (Wildman–Crippen MR) is 87.1 cm³/mol. The van der Waals surface area contributed by atoms with Gasteiger partial charge in [-0.1, -0.05) is 0 Å². The van der Waals surface area contributed by atoms with E-state index < -0.39 is 24.0 Å². The lowest BCUT2D eigenvalue weighted by atomic mass is 9.86. The molecular weight excluding hydrogens is 417 g/mol. The number of aromatic nitrogens is 3. The maximum atomic E-state index is 10.5. The van der Waals surface area contributed by atoms with Crippen molar-refractivity contribution in [2.24, 2.45) is 0 Å². The van der Waals surface area contributed by atoms with Crippen LogP contribution in [-0.2, 0) is 9.47 Å². The molecule has 1 spiro atoms. The summed E-state index contributed by atoms with van der Waals surface area (Å²) in [6, 6.07) is 0. The number of rotatable bonds is 3. The number of aliphatic hydroxyl groups excluding tert-OH is 2. The topological polar surface area (TPSA) is 98.9 Å². The average molecular weight is 433 g/mol. The first-order chi connectivity index (χ1) is 11.1. The van der Waals surface area contributed by atoms with Gasteiger partial charge in [-0.05, 0) is 22.6 Å². The highest BCUT2D eigenvalue weighted by atomic mass is 127. The zero-order valence-corrected chi connectivity index (χ0v) is 14.5. The van der Waals surface area contributed by atoms with Crippen LogP contribution in [0.25, 0.3) is 11.0 Å². The van der Waals surface area contributed by atoms with Gasteiger partial charge in [0, 0.05) is 16.2 Å². The van der Waals surface area contributed by atoms with Gasteiger partial charge in [0.2, 0.25) is 5.88 Å². The Balaban J connectivity index is 1.86.